The average molecular weight is 544 g/mol. The van der Waals surface area contributed by atoms with E-state index in [0.29, 0.717) is 18.1 Å². The van der Waals surface area contributed by atoms with Gasteiger partial charge in [-0.2, -0.15) is 0 Å². The molecule has 1 saturated heterocycles. The van der Waals surface area contributed by atoms with Gasteiger partial charge in [0.1, 0.15) is 0 Å². The lowest BCUT2D eigenvalue weighted by Gasteiger charge is -2.29. The van der Waals surface area contributed by atoms with Gasteiger partial charge in [0, 0.05) is 47.5 Å². The first kappa shape index (κ1) is 25.9. The maximum Gasteiger partial charge on any atom is 0.226 e. The second-order valence-corrected chi connectivity index (χ2v) is 10.5. The predicted molar refractivity (Wildman–Crippen MR) is 157 cm³/mol. The molecule has 38 heavy (non-hydrogen) atoms. The summed E-state index contributed by atoms with van der Waals surface area (Å²) in [5.41, 5.74) is 6.93. The van der Waals surface area contributed by atoms with Crippen LogP contribution in [0.5, 0.6) is 0 Å². The molecule has 8 heteroatoms. The van der Waals surface area contributed by atoms with Crippen molar-refractivity contribution >= 4 is 40.5 Å². The summed E-state index contributed by atoms with van der Waals surface area (Å²) < 4.78 is 2.16. The van der Waals surface area contributed by atoms with Crippen LogP contribution in [0.25, 0.3) is 5.69 Å². The molecule has 5 rings (SSSR count). The number of carbonyl (C=O) groups is 1. The molecule has 0 unspecified atom stereocenters. The number of amides is 1. The van der Waals surface area contributed by atoms with Crippen LogP contribution in [0.2, 0.25) is 5.02 Å². The number of pyridine rings is 1. The second-order valence-electron chi connectivity index (χ2n) is 9.67. The molecule has 0 aliphatic carbocycles. The van der Waals surface area contributed by atoms with Gasteiger partial charge in [-0.3, -0.25) is 9.78 Å². The number of hydrogen-bond acceptors (Lipinski definition) is 3. The third-order valence-electron chi connectivity index (χ3n) is 6.95. The Morgan fingerprint density at radius 1 is 1.05 bits per heavy atom. The van der Waals surface area contributed by atoms with E-state index >= 15 is 0 Å². The minimum absolute atomic E-state index is 0.0507. The van der Waals surface area contributed by atoms with E-state index in [-0.39, 0.29) is 18.0 Å². The van der Waals surface area contributed by atoms with Crippen molar-refractivity contribution in [1.29, 1.82) is 0 Å². The number of aryl methyl sites for hydroxylation is 3. The van der Waals surface area contributed by atoms with Crippen molar-refractivity contribution in [1.82, 2.24) is 19.8 Å². The largest absolute Gasteiger partial charge is 0.352 e. The van der Waals surface area contributed by atoms with E-state index in [9.17, 15) is 4.79 Å². The number of thiocarbonyl (C=S) groups is 1. The Bertz CT molecular complexity index is 1490. The van der Waals surface area contributed by atoms with Gasteiger partial charge in [0.25, 0.3) is 0 Å². The zero-order chi connectivity index (χ0) is 26.8. The van der Waals surface area contributed by atoms with Crippen LogP contribution >= 0.6 is 23.8 Å². The first-order valence-corrected chi connectivity index (χ1v) is 13.4. The quantitative estimate of drug-likeness (QED) is 0.262. The zero-order valence-electron chi connectivity index (χ0n) is 21.6. The summed E-state index contributed by atoms with van der Waals surface area (Å²) in [7, 11) is 0. The van der Waals surface area contributed by atoms with E-state index < -0.39 is 0 Å². The number of nitrogens with one attached hydrogen (secondary N) is 2. The van der Waals surface area contributed by atoms with Crippen LogP contribution in [0.4, 0.5) is 5.69 Å². The third-order valence-corrected chi connectivity index (χ3v) is 7.72. The fraction of sp³-hybridized carbons (Fsp3) is 0.233. The molecule has 194 valence electrons. The molecule has 0 bridgehead atoms. The summed E-state index contributed by atoms with van der Waals surface area (Å²) in [4.78, 5) is 19.7. The van der Waals surface area contributed by atoms with Crippen LogP contribution in [-0.4, -0.2) is 32.0 Å². The summed E-state index contributed by atoms with van der Waals surface area (Å²) >= 11 is 12.1. The van der Waals surface area contributed by atoms with Crippen molar-refractivity contribution < 1.29 is 4.79 Å². The van der Waals surface area contributed by atoms with Gasteiger partial charge in [0.2, 0.25) is 5.91 Å². The Morgan fingerprint density at radius 3 is 2.66 bits per heavy atom. The van der Waals surface area contributed by atoms with Gasteiger partial charge in [0.15, 0.2) is 5.11 Å². The number of hydrogen-bond donors (Lipinski definition) is 2. The molecule has 0 spiro atoms. The molecule has 2 N–H and O–H groups in total. The molecule has 6 nitrogen and oxygen atoms in total. The van der Waals surface area contributed by atoms with E-state index in [4.69, 9.17) is 23.8 Å². The Morgan fingerprint density at radius 2 is 1.89 bits per heavy atom. The van der Waals surface area contributed by atoms with E-state index in [1.807, 2.05) is 81.6 Å². The Kier molecular flexibility index (Phi) is 7.49. The lowest BCUT2D eigenvalue weighted by Crippen LogP contribution is -2.33. The first-order chi connectivity index (χ1) is 18.3. The lowest BCUT2D eigenvalue weighted by molar-refractivity contribution is -0.116. The second kappa shape index (κ2) is 11.0. The van der Waals surface area contributed by atoms with Crippen LogP contribution in [0.3, 0.4) is 0 Å². The molecule has 1 aliphatic heterocycles. The number of rotatable bonds is 7. The standard InChI is InChI=1S/C30H30ClN5OS/c1-19-9-10-20(2)25(17-19)33-27(37)13-16-36-29(28(34-30(36)38)24-7-4-5-14-32-24)26-8-6-15-35(26)22-11-12-23(31)21(3)18-22/h4-12,14-15,17-18,28-29H,13,16H2,1-3H3,(H,33,37)(H,34,38)/t28-,29-/m1/s1. The fourth-order valence-electron chi connectivity index (χ4n) is 4.92. The van der Waals surface area contributed by atoms with E-state index in [1.165, 1.54) is 0 Å². The van der Waals surface area contributed by atoms with Crippen molar-refractivity contribution in [2.75, 3.05) is 11.9 Å². The van der Waals surface area contributed by atoms with Crippen LogP contribution < -0.4 is 10.6 Å². The van der Waals surface area contributed by atoms with Crippen molar-refractivity contribution in [2.45, 2.75) is 39.3 Å². The molecular weight excluding hydrogens is 514 g/mol. The van der Waals surface area contributed by atoms with Gasteiger partial charge < -0.3 is 20.1 Å². The average Bonchev–Trinajstić information content (AvgIpc) is 3.51. The number of anilines is 1. The first-order valence-electron chi connectivity index (χ1n) is 12.6. The topological polar surface area (TPSA) is 62.2 Å². The summed E-state index contributed by atoms with van der Waals surface area (Å²) in [6.07, 6.45) is 4.13. The molecular formula is C30H30ClN5OS. The number of benzene rings is 2. The minimum atomic E-state index is -0.173. The van der Waals surface area contributed by atoms with E-state index in [2.05, 4.69) is 37.2 Å². The maximum atomic E-state index is 13.0. The smallest absolute Gasteiger partial charge is 0.226 e. The Hall–Kier alpha value is -3.68. The molecule has 1 aliphatic rings. The summed E-state index contributed by atoms with van der Waals surface area (Å²) in [6.45, 7) is 6.47. The summed E-state index contributed by atoms with van der Waals surface area (Å²) in [6, 6.07) is 21.7. The van der Waals surface area contributed by atoms with E-state index in [1.54, 1.807) is 6.20 Å². The van der Waals surface area contributed by atoms with Gasteiger partial charge in [-0.15, -0.1) is 0 Å². The predicted octanol–water partition coefficient (Wildman–Crippen LogP) is 6.45. The van der Waals surface area contributed by atoms with Crippen LogP contribution in [-0.2, 0) is 4.79 Å². The molecule has 0 saturated carbocycles. The number of halogens is 1. The van der Waals surface area contributed by atoms with Gasteiger partial charge in [-0.1, -0.05) is 29.8 Å². The minimum Gasteiger partial charge on any atom is -0.352 e. The highest BCUT2D eigenvalue weighted by Crippen LogP contribution is 2.39. The zero-order valence-corrected chi connectivity index (χ0v) is 23.2. The molecule has 2 aromatic heterocycles. The van der Waals surface area contributed by atoms with Crippen molar-refractivity contribution in [3.8, 4) is 5.69 Å². The lowest BCUT2D eigenvalue weighted by atomic mass is 10.0. The van der Waals surface area contributed by atoms with Crippen molar-refractivity contribution in [3.05, 3.63) is 112 Å². The van der Waals surface area contributed by atoms with Crippen LogP contribution in [0.15, 0.2) is 79.1 Å². The Labute approximate surface area is 233 Å². The molecule has 3 heterocycles. The normalized spacial score (nSPS) is 16.9. The number of nitrogens with zero attached hydrogens (tertiary/aromatic N) is 3. The van der Waals surface area contributed by atoms with Gasteiger partial charge in [-0.05, 0) is 98.2 Å². The summed E-state index contributed by atoms with van der Waals surface area (Å²) in [5.74, 6) is -0.0507. The molecule has 1 amide bonds. The van der Waals surface area contributed by atoms with Crippen LogP contribution in [0.1, 0.15) is 46.6 Å². The SMILES string of the molecule is Cc1ccc(C)c(NC(=O)CCN2C(=S)N[C@H](c3ccccn3)[C@H]2c2cccn2-c2ccc(Cl)c(C)c2)c1. The van der Waals surface area contributed by atoms with E-state index in [0.717, 1.165) is 44.5 Å². The van der Waals surface area contributed by atoms with Crippen molar-refractivity contribution in [3.63, 3.8) is 0 Å². The molecule has 1 fully saturated rings. The summed E-state index contributed by atoms with van der Waals surface area (Å²) in [5, 5.41) is 7.88. The highest BCUT2D eigenvalue weighted by molar-refractivity contribution is 7.80. The van der Waals surface area contributed by atoms with Gasteiger partial charge in [0.05, 0.1) is 17.8 Å². The van der Waals surface area contributed by atoms with Crippen LogP contribution in [0, 0.1) is 20.8 Å². The fourth-order valence-corrected chi connectivity index (χ4v) is 5.37. The number of aromatic nitrogens is 2. The highest BCUT2D eigenvalue weighted by atomic mass is 35.5. The molecule has 4 aromatic rings. The molecule has 2 atom stereocenters. The maximum absolute atomic E-state index is 13.0. The molecule has 0 radical (unpaired) electrons. The Balaban J connectivity index is 1.45. The monoisotopic (exact) mass is 543 g/mol. The highest BCUT2D eigenvalue weighted by Gasteiger charge is 2.41. The van der Waals surface area contributed by atoms with Gasteiger partial charge >= 0.3 is 0 Å². The number of carbonyl (C=O) groups excluding carboxylic acids is 1. The van der Waals surface area contributed by atoms with Gasteiger partial charge in [-0.25, -0.2) is 0 Å². The van der Waals surface area contributed by atoms with Crippen molar-refractivity contribution in [2.24, 2.45) is 0 Å². The third kappa shape index (κ3) is 5.30. The molecule has 2 aromatic carbocycles.